The van der Waals surface area contributed by atoms with E-state index in [-0.39, 0.29) is 22.9 Å². The van der Waals surface area contributed by atoms with Crippen LogP contribution in [0.15, 0.2) is 28.8 Å². The molecular weight excluding hydrogens is 293 g/mol. The first kappa shape index (κ1) is 14.7. The molecule has 0 amide bonds. The Balaban J connectivity index is 2.39. The molecule has 2 N–H and O–H groups in total. The molecule has 2 rings (SSSR count). The molecule has 1 heterocycles. The molecule has 0 bridgehead atoms. The van der Waals surface area contributed by atoms with Crippen LogP contribution < -0.4 is 15.2 Å². The highest BCUT2D eigenvalue weighted by Crippen LogP contribution is 2.36. The van der Waals surface area contributed by atoms with E-state index in [4.69, 9.17) is 10.5 Å². The maximum atomic E-state index is 12.2. The largest absolute Gasteiger partial charge is 0.573 e. The molecule has 1 aromatic carbocycles. The Morgan fingerprint density at radius 2 is 2.10 bits per heavy atom. The van der Waals surface area contributed by atoms with Gasteiger partial charge >= 0.3 is 12.3 Å². The molecule has 0 aliphatic rings. The minimum Gasteiger partial charge on any atom is -0.418 e. The molecule has 0 saturated heterocycles. The number of hydrogen-bond donors (Lipinski definition) is 1. The van der Waals surface area contributed by atoms with Crippen LogP contribution in [0.2, 0.25) is 0 Å². The number of carbonyl (C=O) groups is 1. The van der Waals surface area contributed by atoms with Crippen molar-refractivity contribution in [2.45, 2.75) is 13.3 Å². The number of alkyl halides is 3. The lowest BCUT2D eigenvalue weighted by atomic mass is 10.1. The van der Waals surface area contributed by atoms with Crippen LogP contribution >= 0.6 is 0 Å². The number of nitrogens with two attached hydrogens (primary N) is 1. The minimum absolute atomic E-state index is 0.00433. The van der Waals surface area contributed by atoms with Crippen molar-refractivity contribution in [1.82, 2.24) is 5.16 Å². The smallest absolute Gasteiger partial charge is 0.418 e. The molecule has 21 heavy (non-hydrogen) atoms. The van der Waals surface area contributed by atoms with Crippen LogP contribution in [0.1, 0.15) is 6.92 Å². The van der Waals surface area contributed by atoms with E-state index in [9.17, 15) is 18.0 Å². The lowest BCUT2D eigenvalue weighted by molar-refractivity contribution is -0.274. The summed E-state index contributed by atoms with van der Waals surface area (Å²) in [6.07, 6.45) is -4.82. The summed E-state index contributed by atoms with van der Waals surface area (Å²) in [5.41, 5.74) is 5.63. The average Bonchev–Trinajstić information content (AvgIpc) is 2.68. The van der Waals surface area contributed by atoms with Gasteiger partial charge in [0.15, 0.2) is 5.69 Å². The number of nitrogen functional groups attached to an aromatic ring is 1. The summed E-state index contributed by atoms with van der Waals surface area (Å²) >= 11 is 0. The van der Waals surface area contributed by atoms with Gasteiger partial charge < -0.3 is 19.7 Å². The molecule has 9 heteroatoms. The quantitative estimate of drug-likeness (QED) is 0.877. The lowest BCUT2D eigenvalue weighted by Crippen LogP contribution is -2.17. The number of hydrogen-bond acceptors (Lipinski definition) is 6. The maximum absolute atomic E-state index is 12.2. The van der Waals surface area contributed by atoms with Crippen LogP contribution in [0.4, 0.5) is 19.1 Å². The van der Waals surface area contributed by atoms with E-state index in [0.29, 0.717) is 0 Å². The number of rotatable bonds is 3. The van der Waals surface area contributed by atoms with E-state index in [1.165, 1.54) is 12.1 Å². The van der Waals surface area contributed by atoms with E-state index in [1.54, 1.807) is 0 Å². The molecule has 0 aliphatic carbocycles. The number of carbonyl (C=O) groups excluding carboxylic acids is 1. The van der Waals surface area contributed by atoms with Crippen LogP contribution in [0.25, 0.3) is 11.3 Å². The van der Waals surface area contributed by atoms with Crippen molar-refractivity contribution in [3.63, 3.8) is 0 Å². The fourth-order valence-electron chi connectivity index (χ4n) is 1.56. The lowest BCUT2D eigenvalue weighted by Gasteiger charge is -2.09. The number of esters is 1. The van der Waals surface area contributed by atoms with Gasteiger partial charge in [-0.1, -0.05) is 17.3 Å². The molecule has 0 spiro atoms. The predicted octanol–water partition coefficient (Wildman–Crippen LogP) is 2.75. The molecule has 6 nitrogen and oxygen atoms in total. The third-order valence-electron chi connectivity index (χ3n) is 2.26. The van der Waals surface area contributed by atoms with E-state index in [2.05, 4.69) is 14.4 Å². The van der Waals surface area contributed by atoms with Gasteiger partial charge in [0.2, 0.25) is 5.75 Å². The number of aromatic nitrogens is 1. The van der Waals surface area contributed by atoms with Crippen LogP contribution in [0.5, 0.6) is 11.5 Å². The minimum atomic E-state index is -4.82. The monoisotopic (exact) mass is 302 g/mol. The van der Waals surface area contributed by atoms with Gasteiger partial charge in [-0.3, -0.25) is 4.79 Å². The van der Waals surface area contributed by atoms with Crippen LogP contribution in [-0.4, -0.2) is 17.5 Å². The highest BCUT2D eigenvalue weighted by Gasteiger charge is 2.31. The highest BCUT2D eigenvalue weighted by atomic mass is 19.4. The first-order chi connectivity index (χ1) is 9.76. The zero-order valence-electron chi connectivity index (χ0n) is 10.6. The van der Waals surface area contributed by atoms with Gasteiger partial charge in [-0.15, -0.1) is 13.2 Å². The Kier molecular flexibility index (Phi) is 3.74. The fourth-order valence-corrected chi connectivity index (χ4v) is 1.56. The standard InChI is InChI=1S/C12H9F3N2O4/c1-6(18)19-10-9(17-21-11(10)16)7-3-2-4-8(5-7)20-12(13,14)15/h2-5H,16H2,1H3. The molecule has 1 aromatic heterocycles. The molecule has 2 aromatic rings. The maximum Gasteiger partial charge on any atom is 0.573 e. The Morgan fingerprint density at radius 3 is 2.71 bits per heavy atom. The zero-order chi connectivity index (χ0) is 15.6. The summed E-state index contributed by atoms with van der Waals surface area (Å²) in [6.45, 7) is 1.14. The van der Waals surface area contributed by atoms with E-state index >= 15 is 0 Å². The number of nitrogens with zero attached hydrogens (tertiary/aromatic N) is 1. The molecule has 0 aliphatic heterocycles. The van der Waals surface area contributed by atoms with Gasteiger partial charge in [0.1, 0.15) is 5.75 Å². The summed E-state index contributed by atoms with van der Waals surface area (Å²) in [5.74, 6) is -1.54. The Morgan fingerprint density at radius 1 is 1.38 bits per heavy atom. The van der Waals surface area contributed by atoms with Crippen LogP contribution in [0, 0.1) is 0 Å². The normalized spacial score (nSPS) is 11.2. The van der Waals surface area contributed by atoms with Crippen molar-refractivity contribution < 1.29 is 32.0 Å². The van der Waals surface area contributed by atoms with Crippen LogP contribution in [0.3, 0.4) is 0 Å². The van der Waals surface area contributed by atoms with Gasteiger partial charge in [-0.05, 0) is 12.1 Å². The summed E-state index contributed by atoms with van der Waals surface area (Å²) < 4.78 is 49.9. The van der Waals surface area contributed by atoms with Crippen molar-refractivity contribution in [3.05, 3.63) is 24.3 Å². The summed E-state index contributed by atoms with van der Waals surface area (Å²) in [7, 11) is 0. The first-order valence-corrected chi connectivity index (χ1v) is 5.56. The highest BCUT2D eigenvalue weighted by molar-refractivity contribution is 5.78. The third-order valence-corrected chi connectivity index (χ3v) is 2.26. The summed E-state index contributed by atoms with van der Waals surface area (Å²) in [6, 6.07) is 4.94. The summed E-state index contributed by atoms with van der Waals surface area (Å²) in [4.78, 5) is 11.0. The second kappa shape index (κ2) is 5.35. The topological polar surface area (TPSA) is 87.6 Å². The second-order valence-electron chi connectivity index (χ2n) is 3.89. The first-order valence-electron chi connectivity index (χ1n) is 5.56. The average molecular weight is 302 g/mol. The fraction of sp³-hybridized carbons (Fsp3) is 0.167. The Labute approximate surface area is 116 Å². The number of ether oxygens (including phenoxy) is 2. The molecule has 0 radical (unpaired) electrons. The summed E-state index contributed by atoms with van der Waals surface area (Å²) in [5, 5.41) is 3.56. The van der Waals surface area contributed by atoms with Crippen molar-refractivity contribution in [1.29, 1.82) is 0 Å². The SMILES string of the molecule is CC(=O)Oc1c(-c2cccc(OC(F)(F)F)c2)noc1N. The molecule has 0 saturated carbocycles. The van der Waals surface area contributed by atoms with Gasteiger partial charge in [0, 0.05) is 12.5 Å². The Hall–Kier alpha value is -2.71. The number of benzene rings is 1. The molecular formula is C12H9F3N2O4. The van der Waals surface area contributed by atoms with Crippen molar-refractivity contribution in [2.75, 3.05) is 5.73 Å². The zero-order valence-corrected chi connectivity index (χ0v) is 10.6. The van der Waals surface area contributed by atoms with Gasteiger partial charge in [-0.25, -0.2) is 0 Å². The van der Waals surface area contributed by atoms with Gasteiger partial charge in [0.05, 0.1) is 0 Å². The van der Waals surface area contributed by atoms with Gasteiger partial charge in [-0.2, -0.15) is 0 Å². The molecule has 0 fully saturated rings. The van der Waals surface area contributed by atoms with Crippen molar-refractivity contribution >= 4 is 11.9 Å². The second-order valence-corrected chi connectivity index (χ2v) is 3.89. The van der Waals surface area contributed by atoms with E-state index in [0.717, 1.165) is 19.1 Å². The van der Waals surface area contributed by atoms with E-state index in [1.807, 2.05) is 0 Å². The number of halogens is 3. The third kappa shape index (κ3) is 3.65. The Bertz CT molecular complexity index is 667. The number of anilines is 1. The van der Waals surface area contributed by atoms with E-state index < -0.39 is 18.1 Å². The van der Waals surface area contributed by atoms with Crippen LogP contribution in [-0.2, 0) is 4.79 Å². The van der Waals surface area contributed by atoms with Crippen molar-refractivity contribution in [3.8, 4) is 22.8 Å². The predicted molar refractivity (Wildman–Crippen MR) is 64.3 cm³/mol. The molecule has 0 unspecified atom stereocenters. The van der Waals surface area contributed by atoms with Gasteiger partial charge in [0.25, 0.3) is 5.88 Å². The molecule has 0 atom stereocenters. The van der Waals surface area contributed by atoms with Crippen molar-refractivity contribution in [2.24, 2.45) is 0 Å². The molecule has 112 valence electrons.